The average Bonchev–Trinajstić information content (AvgIpc) is 3.29. The molecule has 0 saturated carbocycles. The molecule has 1 saturated heterocycles. The van der Waals surface area contributed by atoms with Gasteiger partial charge in [-0.1, -0.05) is 25.1 Å². The van der Waals surface area contributed by atoms with Crippen LogP contribution in [-0.2, 0) is 17.6 Å². The fourth-order valence-electron chi connectivity index (χ4n) is 3.59. The SMILES string of the molecule is CCc1cccc2c(CCNC(=O)N(CC)CC3CCOC3)c[nH]c12. The van der Waals surface area contributed by atoms with Crippen molar-refractivity contribution in [2.45, 2.75) is 33.1 Å². The molecule has 1 unspecified atom stereocenters. The zero-order valence-corrected chi connectivity index (χ0v) is 15.3. The predicted molar refractivity (Wildman–Crippen MR) is 101 cm³/mol. The highest BCUT2D eigenvalue weighted by molar-refractivity contribution is 5.86. The first-order valence-corrected chi connectivity index (χ1v) is 9.41. The Hall–Kier alpha value is -2.01. The first kappa shape index (κ1) is 17.8. The number of urea groups is 1. The Kier molecular flexibility index (Phi) is 5.97. The summed E-state index contributed by atoms with van der Waals surface area (Å²) in [7, 11) is 0. The number of ether oxygens (including phenoxy) is 1. The van der Waals surface area contributed by atoms with E-state index >= 15 is 0 Å². The molecule has 0 aliphatic carbocycles. The van der Waals surface area contributed by atoms with Crippen LogP contribution in [0.25, 0.3) is 10.9 Å². The van der Waals surface area contributed by atoms with E-state index in [2.05, 4.69) is 41.6 Å². The van der Waals surface area contributed by atoms with Gasteiger partial charge in [0.1, 0.15) is 0 Å². The van der Waals surface area contributed by atoms with Crippen LogP contribution in [0.5, 0.6) is 0 Å². The number of hydrogen-bond donors (Lipinski definition) is 2. The highest BCUT2D eigenvalue weighted by Crippen LogP contribution is 2.22. The molecule has 0 bridgehead atoms. The lowest BCUT2D eigenvalue weighted by molar-refractivity contribution is 0.166. The van der Waals surface area contributed by atoms with Gasteiger partial charge in [-0.05, 0) is 37.3 Å². The number of rotatable bonds is 7. The van der Waals surface area contributed by atoms with Gasteiger partial charge in [0.15, 0.2) is 0 Å². The molecule has 25 heavy (non-hydrogen) atoms. The van der Waals surface area contributed by atoms with Crippen molar-refractivity contribution in [2.75, 3.05) is 32.8 Å². The third kappa shape index (κ3) is 4.15. The predicted octanol–water partition coefficient (Wildman–Crippen LogP) is 3.34. The number of amides is 2. The summed E-state index contributed by atoms with van der Waals surface area (Å²) in [4.78, 5) is 17.7. The van der Waals surface area contributed by atoms with E-state index in [1.165, 1.54) is 22.0 Å². The van der Waals surface area contributed by atoms with Crippen molar-refractivity contribution in [3.63, 3.8) is 0 Å². The molecule has 1 aromatic heterocycles. The molecule has 2 heterocycles. The van der Waals surface area contributed by atoms with Gasteiger partial charge in [0.05, 0.1) is 6.61 Å². The Morgan fingerprint density at radius 3 is 2.96 bits per heavy atom. The van der Waals surface area contributed by atoms with E-state index in [-0.39, 0.29) is 6.03 Å². The molecule has 2 aromatic rings. The summed E-state index contributed by atoms with van der Waals surface area (Å²) in [6.07, 6.45) is 4.98. The van der Waals surface area contributed by atoms with Crippen LogP contribution in [0.2, 0.25) is 0 Å². The lowest BCUT2D eigenvalue weighted by Gasteiger charge is -2.24. The molecule has 1 aliphatic heterocycles. The molecule has 3 rings (SSSR count). The molecular weight excluding hydrogens is 314 g/mol. The van der Waals surface area contributed by atoms with Crippen molar-refractivity contribution in [3.8, 4) is 0 Å². The Morgan fingerprint density at radius 1 is 1.36 bits per heavy atom. The van der Waals surface area contributed by atoms with Gasteiger partial charge >= 0.3 is 6.03 Å². The molecule has 136 valence electrons. The molecule has 0 spiro atoms. The van der Waals surface area contributed by atoms with Crippen LogP contribution >= 0.6 is 0 Å². The van der Waals surface area contributed by atoms with Gasteiger partial charge in [-0.3, -0.25) is 0 Å². The maximum Gasteiger partial charge on any atom is 0.317 e. The van der Waals surface area contributed by atoms with Crippen molar-refractivity contribution < 1.29 is 9.53 Å². The van der Waals surface area contributed by atoms with E-state index in [0.717, 1.165) is 45.6 Å². The van der Waals surface area contributed by atoms with Crippen LogP contribution in [-0.4, -0.2) is 48.8 Å². The molecule has 5 heteroatoms. The summed E-state index contributed by atoms with van der Waals surface area (Å²) >= 11 is 0. The molecule has 1 aromatic carbocycles. The fourth-order valence-corrected chi connectivity index (χ4v) is 3.59. The smallest absolute Gasteiger partial charge is 0.317 e. The van der Waals surface area contributed by atoms with E-state index in [9.17, 15) is 4.79 Å². The third-order valence-corrected chi connectivity index (χ3v) is 5.11. The number of nitrogens with zero attached hydrogens (tertiary/aromatic N) is 1. The highest BCUT2D eigenvalue weighted by atomic mass is 16.5. The van der Waals surface area contributed by atoms with Crippen molar-refractivity contribution >= 4 is 16.9 Å². The fraction of sp³-hybridized carbons (Fsp3) is 0.550. The Morgan fingerprint density at radius 2 is 2.24 bits per heavy atom. The van der Waals surface area contributed by atoms with E-state index in [1.807, 2.05) is 11.8 Å². The van der Waals surface area contributed by atoms with Gasteiger partial charge in [0.2, 0.25) is 0 Å². The number of H-pyrrole nitrogens is 1. The number of aromatic amines is 1. The number of nitrogens with one attached hydrogen (secondary N) is 2. The van der Waals surface area contributed by atoms with E-state index in [1.54, 1.807) is 0 Å². The zero-order valence-electron chi connectivity index (χ0n) is 15.3. The van der Waals surface area contributed by atoms with Crippen LogP contribution < -0.4 is 5.32 Å². The maximum atomic E-state index is 12.4. The first-order valence-electron chi connectivity index (χ1n) is 9.41. The molecule has 0 radical (unpaired) electrons. The Balaban J connectivity index is 1.54. The summed E-state index contributed by atoms with van der Waals surface area (Å²) in [5.41, 5.74) is 3.82. The molecule has 1 aliphatic rings. The first-order chi connectivity index (χ1) is 12.2. The quantitative estimate of drug-likeness (QED) is 0.810. The minimum Gasteiger partial charge on any atom is -0.381 e. The van der Waals surface area contributed by atoms with Gasteiger partial charge in [0.25, 0.3) is 0 Å². The minimum absolute atomic E-state index is 0.0310. The second-order valence-corrected chi connectivity index (χ2v) is 6.76. The van der Waals surface area contributed by atoms with Gasteiger partial charge in [-0.25, -0.2) is 4.79 Å². The molecular formula is C20H29N3O2. The second-order valence-electron chi connectivity index (χ2n) is 6.76. The molecule has 5 nitrogen and oxygen atoms in total. The minimum atomic E-state index is 0.0310. The Labute approximate surface area is 149 Å². The van der Waals surface area contributed by atoms with E-state index in [0.29, 0.717) is 12.5 Å². The standard InChI is InChI=1S/C20H29N3O2/c1-3-16-6-5-7-18-17(12-22-19(16)18)8-10-21-20(24)23(4-2)13-15-9-11-25-14-15/h5-7,12,15,22H,3-4,8-11,13-14H2,1-2H3,(H,21,24). The molecule has 1 atom stereocenters. The van der Waals surface area contributed by atoms with Crippen LogP contribution in [0, 0.1) is 5.92 Å². The van der Waals surface area contributed by atoms with Gasteiger partial charge < -0.3 is 19.9 Å². The van der Waals surface area contributed by atoms with E-state index in [4.69, 9.17) is 4.74 Å². The number of carbonyl (C=O) groups is 1. The highest BCUT2D eigenvalue weighted by Gasteiger charge is 2.21. The lowest BCUT2D eigenvalue weighted by atomic mass is 10.1. The second kappa shape index (κ2) is 8.39. The lowest BCUT2D eigenvalue weighted by Crippen LogP contribution is -2.43. The van der Waals surface area contributed by atoms with Crippen molar-refractivity contribution in [1.29, 1.82) is 0 Å². The van der Waals surface area contributed by atoms with Crippen molar-refractivity contribution in [3.05, 3.63) is 35.5 Å². The van der Waals surface area contributed by atoms with E-state index < -0.39 is 0 Å². The van der Waals surface area contributed by atoms with Gasteiger partial charge in [0, 0.05) is 49.3 Å². The summed E-state index contributed by atoms with van der Waals surface area (Å²) < 4.78 is 5.41. The largest absolute Gasteiger partial charge is 0.381 e. The summed E-state index contributed by atoms with van der Waals surface area (Å²) in [5, 5.41) is 4.34. The van der Waals surface area contributed by atoms with Gasteiger partial charge in [-0.2, -0.15) is 0 Å². The number of hydrogen-bond acceptors (Lipinski definition) is 2. The van der Waals surface area contributed by atoms with Gasteiger partial charge in [-0.15, -0.1) is 0 Å². The van der Waals surface area contributed by atoms with Crippen LogP contribution in [0.15, 0.2) is 24.4 Å². The number of fused-ring (bicyclic) bond motifs is 1. The maximum absolute atomic E-state index is 12.4. The molecule has 1 fully saturated rings. The van der Waals surface area contributed by atoms with Crippen LogP contribution in [0.4, 0.5) is 4.79 Å². The topological polar surface area (TPSA) is 57.4 Å². The third-order valence-electron chi connectivity index (χ3n) is 5.11. The number of carbonyl (C=O) groups excluding carboxylic acids is 1. The van der Waals surface area contributed by atoms with Crippen LogP contribution in [0.3, 0.4) is 0 Å². The monoisotopic (exact) mass is 343 g/mol. The summed E-state index contributed by atoms with van der Waals surface area (Å²) in [5.74, 6) is 0.479. The number of para-hydroxylation sites is 1. The average molecular weight is 343 g/mol. The molecule has 2 amide bonds. The Bertz CT molecular complexity index is 704. The summed E-state index contributed by atoms with van der Waals surface area (Å²) in [6, 6.07) is 6.46. The zero-order chi connectivity index (χ0) is 17.6. The normalized spacial score (nSPS) is 17.1. The number of aryl methyl sites for hydroxylation is 1. The van der Waals surface area contributed by atoms with Crippen molar-refractivity contribution in [1.82, 2.24) is 15.2 Å². The van der Waals surface area contributed by atoms with Crippen LogP contribution in [0.1, 0.15) is 31.4 Å². The summed E-state index contributed by atoms with van der Waals surface area (Å²) in [6.45, 7) is 7.97. The van der Waals surface area contributed by atoms with Crippen molar-refractivity contribution in [2.24, 2.45) is 5.92 Å². The number of benzene rings is 1. The molecule has 2 N–H and O–H groups in total. The number of aromatic nitrogens is 1.